The molecule has 1 aromatic carbocycles. The van der Waals surface area contributed by atoms with Crippen LogP contribution in [-0.4, -0.2) is 84.6 Å². The predicted molar refractivity (Wildman–Crippen MR) is 152 cm³/mol. The first-order valence-electron chi connectivity index (χ1n) is 15.3. The highest BCUT2D eigenvalue weighted by atomic mass is 16.7. The molecule has 0 N–H and O–H groups in total. The Kier molecular flexibility index (Phi) is 7.25. The largest absolute Gasteiger partial charge is 0.497 e. The van der Waals surface area contributed by atoms with Gasteiger partial charge in [-0.05, 0) is 102 Å². The minimum atomic E-state index is -1.35. The summed E-state index contributed by atoms with van der Waals surface area (Å²) in [6.45, 7) is 11.1. The fraction of sp³-hybridized carbons (Fsp3) is 0.688. The molecule has 4 atom stereocenters. The van der Waals surface area contributed by atoms with Gasteiger partial charge in [0.05, 0.1) is 30.6 Å². The summed E-state index contributed by atoms with van der Waals surface area (Å²) in [5, 5.41) is 0. The molecule has 2 saturated heterocycles. The van der Waals surface area contributed by atoms with Crippen molar-refractivity contribution in [2.24, 2.45) is 0 Å². The molecule has 0 aromatic heterocycles. The van der Waals surface area contributed by atoms with E-state index in [2.05, 4.69) is 23.1 Å². The van der Waals surface area contributed by atoms with E-state index < -0.39 is 23.3 Å². The molecule has 4 aliphatic heterocycles. The molecule has 1 aliphatic carbocycles. The van der Waals surface area contributed by atoms with Crippen molar-refractivity contribution in [3.05, 3.63) is 35.1 Å². The van der Waals surface area contributed by atoms with Crippen LogP contribution in [0.2, 0.25) is 0 Å². The molecule has 9 nitrogen and oxygen atoms in total. The molecule has 224 valence electrons. The van der Waals surface area contributed by atoms with Crippen molar-refractivity contribution in [1.82, 2.24) is 9.80 Å². The summed E-state index contributed by atoms with van der Waals surface area (Å²) in [5.41, 5.74) is 0.0614. The Hall–Kier alpha value is -2.78. The molecule has 1 aromatic rings. The molecule has 5 aliphatic rings. The molecule has 6 rings (SSSR count). The van der Waals surface area contributed by atoms with Crippen molar-refractivity contribution in [1.29, 1.82) is 0 Å². The van der Waals surface area contributed by atoms with Gasteiger partial charge in [-0.15, -0.1) is 0 Å². The molecule has 9 heteroatoms. The van der Waals surface area contributed by atoms with Crippen LogP contribution < -0.4 is 9.47 Å². The van der Waals surface area contributed by atoms with E-state index in [1.165, 1.54) is 5.56 Å². The maximum absolute atomic E-state index is 14.5. The SMILES string of the molecule is CCN(CC)C(=O)CC1(C(=O)OC2C(OC)=CC34CCCN3CCc3cc5c(cc3C24)OCO5)CCCC(C)(C)O1. The Bertz CT molecular complexity index is 1240. The van der Waals surface area contributed by atoms with Crippen LogP contribution in [0.3, 0.4) is 0 Å². The number of carbonyl (C=O) groups excluding carboxylic acids is 2. The van der Waals surface area contributed by atoms with E-state index in [0.717, 1.165) is 62.3 Å². The van der Waals surface area contributed by atoms with Gasteiger partial charge in [-0.1, -0.05) is 0 Å². The molecule has 41 heavy (non-hydrogen) atoms. The molecule has 0 bridgehead atoms. The summed E-state index contributed by atoms with van der Waals surface area (Å²) in [6, 6.07) is 4.17. The molecule has 1 spiro atoms. The van der Waals surface area contributed by atoms with Gasteiger partial charge < -0.3 is 28.6 Å². The summed E-state index contributed by atoms with van der Waals surface area (Å²) in [6.07, 6.45) is 6.42. The number of nitrogens with zero attached hydrogens (tertiary/aromatic N) is 2. The molecule has 2 fully saturated rings. The van der Waals surface area contributed by atoms with E-state index in [0.29, 0.717) is 25.3 Å². The van der Waals surface area contributed by atoms with E-state index >= 15 is 0 Å². The Morgan fingerprint density at radius 1 is 1.05 bits per heavy atom. The zero-order chi connectivity index (χ0) is 29.0. The van der Waals surface area contributed by atoms with Crippen LogP contribution in [0.15, 0.2) is 24.0 Å². The van der Waals surface area contributed by atoms with Gasteiger partial charge in [-0.2, -0.15) is 0 Å². The lowest BCUT2D eigenvalue weighted by atomic mass is 9.77. The molecule has 0 saturated carbocycles. The highest BCUT2D eigenvalue weighted by Crippen LogP contribution is 2.56. The lowest BCUT2D eigenvalue weighted by Crippen LogP contribution is -2.55. The smallest absolute Gasteiger partial charge is 0.339 e. The van der Waals surface area contributed by atoms with Crippen LogP contribution in [0.1, 0.15) is 83.3 Å². The molecule has 4 heterocycles. The number of carbonyl (C=O) groups is 2. The van der Waals surface area contributed by atoms with Crippen molar-refractivity contribution in [2.75, 3.05) is 40.1 Å². The third-order valence-corrected chi connectivity index (χ3v) is 9.95. The fourth-order valence-electron chi connectivity index (χ4n) is 8.02. The number of amides is 1. The number of hydrogen-bond donors (Lipinski definition) is 0. The van der Waals surface area contributed by atoms with Crippen LogP contribution in [0.5, 0.6) is 11.5 Å². The van der Waals surface area contributed by atoms with Crippen LogP contribution in [0.4, 0.5) is 0 Å². The predicted octanol–water partition coefficient (Wildman–Crippen LogP) is 4.32. The summed E-state index contributed by atoms with van der Waals surface area (Å²) >= 11 is 0. The monoisotopic (exact) mass is 568 g/mol. The third-order valence-electron chi connectivity index (χ3n) is 9.95. The average Bonchev–Trinajstić information content (AvgIpc) is 3.62. The number of fused-ring (bicyclic) bond motifs is 3. The van der Waals surface area contributed by atoms with Gasteiger partial charge >= 0.3 is 5.97 Å². The minimum absolute atomic E-state index is 0.0348. The number of esters is 1. The molecular formula is C32H44N2O7. The minimum Gasteiger partial charge on any atom is -0.497 e. The quantitative estimate of drug-likeness (QED) is 0.450. The van der Waals surface area contributed by atoms with Crippen LogP contribution in [0, 0.1) is 0 Å². The van der Waals surface area contributed by atoms with Crippen molar-refractivity contribution in [3.63, 3.8) is 0 Å². The van der Waals surface area contributed by atoms with Gasteiger partial charge in [0.15, 0.2) is 23.2 Å². The fourth-order valence-corrected chi connectivity index (χ4v) is 8.02. The number of methoxy groups -OCH3 is 1. The second kappa shape index (κ2) is 10.5. The van der Waals surface area contributed by atoms with Gasteiger partial charge in [0.2, 0.25) is 12.7 Å². The first-order valence-corrected chi connectivity index (χ1v) is 15.3. The number of benzene rings is 1. The van der Waals surface area contributed by atoms with Gasteiger partial charge in [0, 0.05) is 19.6 Å². The number of ether oxygens (including phenoxy) is 5. The Balaban J connectivity index is 1.39. The maximum Gasteiger partial charge on any atom is 0.339 e. The molecule has 1 amide bonds. The van der Waals surface area contributed by atoms with Crippen LogP contribution >= 0.6 is 0 Å². The van der Waals surface area contributed by atoms with Crippen LogP contribution in [-0.2, 0) is 30.2 Å². The normalized spacial score (nSPS) is 31.4. The van der Waals surface area contributed by atoms with Gasteiger partial charge in [0.25, 0.3) is 0 Å². The summed E-state index contributed by atoms with van der Waals surface area (Å²) in [5.74, 6) is 1.39. The lowest BCUT2D eigenvalue weighted by Gasteiger charge is -2.45. The molecule has 4 unspecified atom stereocenters. The molecule has 0 radical (unpaired) electrons. The van der Waals surface area contributed by atoms with E-state index in [-0.39, 0.29) is 30.6 Å². The topological polar surface area (TPSA) is 86.8 Å². The van der Waals surface area contributed by atoms with Crippen LogP contribution in [0.25, 0.3) is 0 Å². The van der Waals surface area contributed by atoms with Gasteiger partial charge in [-0.25, -0.2) is 4.79 Å². The van der Waals surface area contributed by atoms with Crippen molar-refractivity contribution >= 4 is 11.9 Å². The summed E-state index contributed by atoms with van der Waals surface area (Å²) in [7, 11) is 1.65. The van der Waals surface area contributed by atoms with Gasteiger partial charge in [0.1, 0.15) is 5.76 Å². The summed E-state index contributed by atoms with van der Waals surface area (Å²) < 4.78 is 30.6. The highest BCUT2D eigenvalue weighted by molar-refractivity contribution is 5.88. The molecular weight excluding hydrogens is 524 g/mol. The average molecular weight is 569 g/mol. The van der Waals surface area contributed by atoms with E-state index in [4.69, 9.17) is 23.7 Å². The lowest BCUT2D eigenvalue weighted by molar-refractivity contribution is -0.215. The third kappa shape index (κ3) is 4.69. The Labute approximate surface area is 243 Å². The van der Waals surface area contributed by atoms with Crippen molar-refractivity contribution < 1.29 is 33.3 Å². The summed E-state index contributed by atoms with van der Waals surface area (Å²) in [4.78, 5) is 32.1. The second-order valence-electron chi connectivity index (χ2n) is 12.7. The van der Waals surface area contributed by atoms with E-state index in [1.54, 1.807) is 12.0 Å². The highest BCUT2D eigenvalue weighted by Gasteiger charge is 2.60. The van der Waals surface area contributed by atoms with Gasteiger partial charge in [-0.3, -0.25) is 9.69 Å². The first kappa shape index (κ1) is 28.3. The zero-order valence-electron chi connectivity index (χ0n) is 25.1. The number of hydrogen-bond acceptors (Lipinski definition) is 8. The second-order valence-corrected chi connectivity index (χ2v) is 12.7. The Morgan fingerprint density at radius 3 is 2.51 bits per heavy atom. The van der Waals surface area contributed by atoms with E-state index in [1.807, 2.05) is 27.7 Å². The number of rotatable bonds is 7. The van der Waals surface area contributed by atoms with Crippen molar-refractivity contribution in [2.45, 2.75) is 101 Å². The maximum atomic E-state index is 14.5. The van der Waals surface area contributed by atoms with Crippen molar-refractivity contribution in [3.8, 4) is 11.5 Å². The standard InChI is InChI=1S/C32H44N2O7/c1-6-33(7-2)26(35)19-32(13-8-11-30(3,4)41-32)29(36)40-28-25(37-5)18-31-12-9-14-34(31)15-10-21-16-23-24(39-20-38-23)17-22(21)27(28)31/h16-18,27-28H,6-15,19-20H2,1-5H3. The Morgan fingerprint density at radius 2 is 1.80 bits per heavy atom. The zero-order valence-corrected chi connectivity index (χ0v) is 25.1. The first-order chi connectivity index (χ1) is 19.6. The van der Waals surface area contributed by atoms with E-state index in [9.17, 15) is 9.59 Å².